The number of carbonyl (C=O) groups excluding carboxylic acids is 2. The van der Waals surface area contributed by atoms with Crippen molar-refractivity contribution in [3.63, 3.8) is 0 Å². The first-order chi connectivity index (χ1) is 15.8. The molecular weight excluding hydrogens is 410 g/mol. The van der Waals surface area contributed by atoms with Crippen molar-refractivity contribution in [3.8, 4) is 0 Å². The lowest BCUT2D eigenvalue weighted by Gasteiger charge is -2.57. The first-order valence-electron chi connectivity index (χ1n) is 12.9. The van der Waals surface area contributed by atoms with Crippen LogP contribution in [0.2, 0.25) is 0 Å². The molecule has 0 aromatic heterocycles. The predicted octanol–water partition coefficient (Wildman–Crippen LogP) is 4.17. The standard InChI is InChI=1S/C28H37N3O2/c1-27(2)22-9-8-20(24(27)16-22)17-30-12-10-21(11-13-30)28(3)25(32)31(26(33)29-28)23-14-18-6-4-5-7-19(18)15-23/h4-8,21-24H,9-17H2,1-3H3,(H,29,33)/t22-,24-,28+/m0/s1. The predicted molar refractivity (Wildman–Crippen MR) is 129 cm³/mol. The maximum Gasteiger partial charge on any atom is 0.325 e. The second-order valence-electron chi connectivity index (χ2n) is 12.0. The highest BCUT2D eigenvalue weighted by Crippen LogP contribution is 2.59. The Balaban J connectivity index is 1.09. The topological polar surface area (TPSA) is 52.7 Å². The van der Waals surface area contributed by atoms with Crippen molar-refractivity contribution in [2.75, 3.05) is 19.6 Å². The molecule has 2 saturated heterocycles. The maximum absolute atomic E-state index is 13.6. The largest absolute Gasteiger partial charge is 0.325 e. The van der Waals surface area contributed by atoms with Crippen molar-refractivity contribution in [3.05, 3.63) is 47.0 Å². The van der Waals surface area contributed by atoms with Crippen LogP contribution in [0.5, 0.6) is 0 Å². The molecule has 1 aromatic rings. The number of nitrogens with one attached hydrogen (secondary N) is 1. The highest BCUT2D eigenvalue weighted by molar-refractivity contribution is 6.07. The van der Waals surface area contributed by atoms with Gasteiger partial charge in [-0.1, -0.05) is 49.8 Å². The van der Waals surface area contributed by atoms with Crippen molar-refractivity contribution < 1.29 is 9.59 Å². The molecule has 3 atom stereocenters. The lowest BCUT2D eigenvalue weighted by molar-refractivity contribution is -0.134. The van der Waals surface area contributed by atoms with Crippen LogP contribution in [0.4, 0.5) is 4.79 Å². The summed E-state index contributed by atoms with van der Waals surface area (Å²) in [4.78, 5) is 30.7. The number of fused-ring (bicyclic) bond motifs is 2. The Morgan fingerprint density at radius 2 is 1.67 bits per heavy atom. The van der Waals surface area contributed by atoms with Crippen LogP contribution in [0.15, 0.2) is 35.9 Å². The molecule has 3 fully saturated rings. The van der Waals surface area contributed by atoms with E-state index in [4.69, 9.17) is 0 Å². The molecule has 176 valence electrons. The van der Waals surface area contributed by atoms with Crippen molar-refractivity contribution in [2.24, 2.45) is 23.2 Å². The van der Waals surface area contributed by atoms with Crippen LogP contribution in [-0.4, -0.2) is 53.0 Å². The van der Waals surface area contributed by atoms with E-state index in [9.17, 15) is 9.59 Å². The molecule has 5 nitrogen and oxygen atoms in total. The van der Waals surface area contributed by atoms with E-state index in [-0.39, 0.29) is 23.9 Å². The summed E-state index contributed by atoms with van der Waals surface area (Å²) < 4.78 is 0. The normalized spacial score (nSPS) is 34.2. The molecule has 0 unspecified atom stereocenters. The zero-order valence-electron chi connectivity index (χ0n) is 20.3. The Morgan fingerprint density at radius 1 is 1.00 bits per heavy atom. The van der Waals surface area contributed by atoms with E-state index in [2.05, 4.69) is 42.3 Å². The Labute approximate surface area is 197 Å². The molecule has 0 spiro atoms. The van der Waals surface area contributed by atoms with Crippen molar-refractivity contribution >= 4 is 11.9 Å². The first-order valence-corrected chi connectivity index (χ1v) is 12.9. The lowest BCUT2D eigenvalue weighted by Crippen LogP contribution is -2.55. The number of amides is 3. The molecule has 6 aliphatic rings. The Bertz CT molecular complexity index is 997. The molecule has 33 heavy (non-hydrogen) atoms. The van der Waals surface area contributed by atoms with Gasteiger partial charge in [-0.25, -0.2) is 4.79 Å². The molecule has 1 saturated carbocycles. The van der Waals surface area contributed by atoms with Gasteiger partial charge in [-0.15, -0.1) is 0 Å². The minimum Gasteiger partial charge on any atom is -0.323 e. The van der Waals surface area contributed by atoms with E-state index in [0.717, 1.165) is 57.2 Å². The fraction of sp³-hybridized carbons (Fsp3) is 0.643. The van der Waals surface area contributed by atoms with Crippen LogP contribution in [0.1, 0.15) is 57.6 Å². The van der Waals surface area contributed by atoms with Crippen molar-refractivity contribution in [1.29, 1.82) is 0 Å². The molecule has 0 radical (unpaired) electrons. The summed E-state index contributed by atoms with van der Waals surface area (Å²) in [5, 5.41) is 3.13. The summed E-state index contributed by atoms with van der Waals surface area (Å²) in [6.07, 6.45) is 8.60. The van der Waals surface area contributed by atoms with Gasteiger partial charge in [0.1, 0.15) is 5.54 Å². The molecule has 5 heteroatoms. The van der Waals surface area contributed by atoms with E-state index in [0.29, 0.717) is 5.41 Å². The monoisotopic (exact) mass is 447 g/mol. The third-order valence-electron chi connectivity index (χ3n) is 10.0. The summed E-state index contributed by atoms with van der Waals surface area (Å²) >= 11 is 0. The molecule has 4 aliphatic carbocycles. The average Bonchev–Trinajstić information content (AvgIpc) is 3.32. The Kier molecular flexibility index (Phi) is 4.82. The van der Waals surface area contributed by atoms with Gasteiger partial charge in [0.05, 0.1) is 0 Å². The molecule has 1 N–H and O–H groups in total. The van der Waals surface area contributed by atoms with Crippen LogP contribution < -0.4 is 5.32 Å². The zero-order valence-corrected chi connectivity index (χ0v) is 20.3. The molecular formula is C28H37N3O2. The molecule has 1 aromatic carbocycles. The van der Waals surface area contributed by atoms with Crippen LogP contribution in [0.25, 0.3) is 0 Å². The number of allylic oxidation sites excluding steroid dienone is 1. The van der Waals surface area contributed by atoms with Gasteiger partial charge in [-0.2, -0.15) is 0 Å². The number of rotatable bonds is 4. The van der Waals surface area contributed by atoms with Gasteiger partial charge in [0.2, 0.25) is 0 Å². The Hall–Kier alpha value is -2.14. The summed E-state index contributed by atoms with van der Waals surface area (Å²) in [6, 6.07) is 8.07. The van der Waals surface area contributed by atoms with Gasteiger partial charge in [0.25, 0.3) is 5.91 Å². The van der Waals surface area contributed by atoms with Gasteiger partial charge >= 0.3 is 6.03 Å². The average molecular weight is 448 g/mol. The van der Waals surface area contributed by atoms with Crippen LogP contribution >= 0.6 is 0 Å². The summed E-state index contributed by atoms with van der Waals surface area (Å²) in [7, 11) is 0. The number of benzene rings is 1. The number of urea groups is 1. The number of likely N-dealkylation sites (tertiary alicyclic amines) is 1. The molecule has 2 aliphatic heterocycles. The summed E-state index contributed by atoms with van der Waals surface area (Å²) in [5.41, 5.74) is 3.88. The third-order valence-corrected chi connectivity index (χ3v) is 10.0. The van der Waals surface area contributed by atoms with E-state index in [1.807, 2.05) is 19.1 Å². The molecule has 2 heterocycles. The number of piperidine rings is 1. The highest BCUT2D eigenvalue weighted by atomic mass is 16.2. The third kappa shape index (κ3) is 3.22. The zero-order chi connectivity index (χ0) is 23.0. The number of imide groups is 1. The second-order valence-corrected chi connectivity index (χ2v) is 12.0. The fourth-order valence-electron chi connectivity index (χ4n) is 7.59. The Morgan fingerprint density at radius 3 is 2.27 bits per heavy atom. The van der Waals surface area contributed by atoms with Crippen LogP contribution in [-0.2, 0) is 17.6 Å². The molecule has 7 rings (SSSR count). The van der Waals surface area contributed by atoms with Gasteiger partial charge in [0, 0.05) is 12.6 Å². The molecule has 2 bridgehead atoms. The smallest absolute Gasteiger partial charge is 0.323 e. The fourth-order valence-corrected chi connectivity index (χ4v) is 7.59. The minimum absolute atomic E-state index is 0.0130. The van der Waals surface area contributed by atoms with Crippen molar-refractivity contribution in [1.82, 2.24) is 15.1 Å². The quantitative estimate of drug-likeness (QED) is 0.557. The van der Waals surface area contributed by atoms with Crippen LogP contribution in [0, 0.1) is 23.2 Å². The SMILES string of the molecule is CC1(C)[C@H]2CC=C(CN3CCC([C@@]4(C)NC(=O)N(C5Cc6ccccc6C5)C4=O)CC3)[C@@H]1C2. The van der Waals surface area contributed by atoms with E-state index >= 15 is 0 Å². The first kappa shape index (κ1) is 21.4. The number of nitrogens with zero attached hydrogens (tertiary/aromatic N) is 2. The molecule has 3 amide bonds. The van der Waals surface area contributed by atoms with Gasteiger partial charge in [-0.05, 0) is 92.8 Å². The number of hydrogen-bond donors (Lipinski definition) is 1. The minimum atomic E-state index is -0.773. The van der Waals surface area contributed by atoms with Gasteiger partial charge in [0.15, 0.2) is 0 Å². The second kappa shape index (κ2) is 7.43. The van der Waals surface area contributed by atoms with Gasteiger partial charge < -0.3 is 5.32 Å². The van der Waals surface area contributed by atoms with Gasteiger partial charge in [-0.3, -0.25) is 14.6 Å². The van der Waals surface area contributed by atoms with E-state index in [1.54, 1.807) is 10.5 Å². The lowest BCUT2D eigenvalue weighted by atomic mass is 9.49. The van der Waals surface area contributed by atoms with E-state index in [1.165, 1.54) is 24.0 Å². The number of hydrogen-bond acceptors (Lipinski definition) is 3. The summed E-state index contributed by atoms with van der Waals surface area (Å²) in [6.45, 7) is 9.94. The van der Waals surface area contributed by atoms with E-state index < -0.39 is 5.54 Å². The highest BCUT2D eigenvalue weighted by Gasteiger charge is 2.55. The number of carbonyl (C=O) groups is 2. The van der Waals surface area contributed by atoms with Crippen LogP contribution in [0.3, 0.4) is 0 Å². The van der Waals surface area contributed by atoms with Crippen molar-refractivity contribution in [2.45, 2.75) is 70.9 Å². The summed E-state index contributed by atoms with van der Waals surface area (Å²) in [5.74, 6) is 1.82. The maximum atomic E-state index is 13.6.